The Morgan fingerprint density at radius 3 is 2.78 bits per heavy atom. The Morgan fingerprint density at radius 1 is 1.15 bits per heavy atom. The van der Waals surface area contributed by atoms with Gasteiger partial charge in [0.15, 0.2) is 10.7 Å². The van der Waals surface area contributed by atoms with Gasteiger partial charge in [0, 0.05) is 5.69 Å². The van der Waals surface area contributed by atoms with E-state index in [2.05, 4.69) is 15.6 Å². The summed E-state index contributed by atoms with van der Waals surface area (Å²) in [5.41, 5.74) is 1.99. The highest BCUT2D eigenvalue weighted by atomic mass is 32.1. The summed E-state index contributed by atoms with van der Waals surface area (Å²) in [6.07, 6.45) is 0. The SMILES string of the molecule is O=C(NC(=S)Nc1ccc2oc(-c3ccccc3F)nc2c1)c1cccs1. The van der Waals surface area contributed by atoms with E-state index in [9.17, 15) is 9.18 Å². The van der Waals surface area contributed by atoms with Gasteiger partial charge in [-0.15, -0.1) is 11.3 Å². The van der Waals surface area contributed by atoms with Gasteiger partial charge < -0.3 is 9.73 Å². The van der Waals surface area contributed by atoms with E-state index in [0.717, 1.165) is 0 Å². The van der Waals surface area contributed by atoms with Crippen molar-refractivity contribution in [1.82, 2.24) is 10.3 Å². The van der Waals surface area contributed by atoms with Crippen LogP contribution >= 0.6 is 23.6 Å². The number of nitrogens with one attached hydrogen (secondary N) is 2. The molecule has 0 spiro atoms. The van der Waals surface area contributed by atoms with E-state index in [4.69, 9.17) is 16.6 Å². The molecule has 8 heteroatoms. The first-order valence-electron chi connectivity index (χ1n) is 7.91. The highest BCUT2D eigenvalue weighted by Crippen LogP contribution is 2.27. The maximum atomic E-state index is 13.9. The molecular weight excluding hydrogens is 385 g/mol. The minimum atomic E-state index is -0.403. The highest BCUT2D eigenvalue weighted by Gasteiger charge is 2.13. The van der Waals surface area contributed by atoms with E-state index in [1.54, 1.807) is 48.5 Å². The Hall–Kier alpha value is -3.10. The van der Waals surface area contributed by atoms with Gasteiger partial charge in [-0.05, 0) is 54.0 Å². The number of halogens is 1. The lowest BCUT2D eigenvalue weighted by Gasteiger charge is -2.08. The van der Waals surface area contributed by atoms with Crippen molar-refractivity contribution in [3.8, 4) is 11.5 Å². The lowest BCUT2D eigenvalue weighted by Crippen LogP contribution is -2.33. The summed E-state index contributed by atoms with van der Waals surface area (Å²) >= 11 is 6.51. The molecule has 0 unspecified atom stereocenters. The molecule has 0 fully saturated rings. The van der Waals surface area contributed by atoms with Gasteiger partial charge in [-0.3, -0.25) is 10.1 Å². The molecule has 0 saturated heterocycles. The third-order valence-corrected chi connectivity index (χ3v) is 4.79. The smallest absolute Gasteiger partial charge is 0.267 e. The number of hydrogen-bond acceptors (Lipinski definition) is 5. The Balaban J connectivity index is 1.52. The lowest BCUT2D eigenvalue weighted by atomic mass is 10.2. The van der Waals surface area contributed by atoms with Crippen LogP contribution < -0.4 is 10.6 Å². The standard InChI is InChI=1S/C19H12FN3O2S2/c20-13-5-2-1-4-12(13)18-22-14-10-11(7-8-15(14)25-18)21-19(26)23-17(24)16-6-3-9-27-16/h1-10H,(H2,21,23,24,26). The van der Waals surface area contributed by atoms with Crippen LogP contribution in [-0.2, 0) is 0 Å². The minimum Gasteiger partial charge on any atom is -0.436 e. The third kappa shape index (κ3) is 3.71. The van der Waals surface area contributed by atoms with E-state index < -0.39 is 5.82 Å². The predicted molar refractivity (Wildman–Crippen MR) is 107 cm³/mol. The van der Waals surface area contributed by atoms with Crippen LogP contribution in [0.5, 0.6) is 0 Å². The van der Waals surface area contributed by atoms with Crippen LogP contribution in [0.1, 0.15) is 9.67 Å². The van der Waals surface area contributed by atoms with Crippen LogP contribution in [0.15, 0.2) is 64.4 Å². The molecule has 27 heavy (non-hydrogen) atoms. The monoisotopic (exact) mass is 397 g/mol. The molecular formula is C19H12FN3O2S2. The number of carbonyl (C=O) groups is 1. The van der Waals surface area contributed by atoms with Crippen molar-refractivity contribution < 1.29 is 13.6 Å². The van der Waals surface area contributed by atoms with Crippen molar-refractivity contribution in [3.05, 3.63) is 70.7 Å². The van der Waals surface area contributed by atoms with Crippen LogP contribution in [0.4, 0.5) is 10.1 Å². The maximum Gasteiger partial charge on any atom is 0.267 e. The van der Waals surface area contributed by atoms with Crippen LogP contribution in [0.3, 0.4) is 0 Å². The minimum absolute atomic E-state index is 0.172. The maximum absolute atomic E-state index is 13.9. The van der Waals surface area contributed by atoms with E-state index in [-0.39, 0.29) is 16.9 Å². The average Bonchev–Trinajstić information content (AvgIpc) is 3.31. The second-order valence-corrected chi connectivity index (χ2v) is 6.92. The summed E-state index contributed by atoms with van der Waals surface area (Å²) in [5, 5.41) is 7.54. The summed E-state index contributed by atoms with van der Waals surface area (Å²) < 4.78 is 19.6. The molecule has 5 nitrogen and oxygen atoms in total. The fourth-order valence-electron chi connectivity index (χ4n) is 2.49. The van der Waals surface area contributed by atoms with Crippen LogP contribution in [0.2, 0.25) is 0 Å². The molecule has 0 atom stereocenters. The molecule has 0 aliphatic rings. The van der Waals surface area contributed by atoms with Crippen molar-refractivity contribution in [2.45, 2.75) is 0 Å². The zero-order valence-corrected chi connectivity index (χ0v) is 15.4. The van der Waals surface area contributed by atoms with E-state index in [1.807, 2.05) is 5.38 Å². The molecule has 2 aromatic heterocycles. The number of rotatable bonds is 3. The second-order valence-electron chi connectivity index (χ2n) is 5.57. The molecule has 0 saturated carbocycles. The van der Waals surface area contributed by atoms with Gasteiger partial charge in [0.2, 0.25) is 5.89 Å². The highest BCUT2D eigenvalue weighted by molar-refractivity contribution is 7.80. The Labute approximate surface area is 162 Å². The van der Waals surface area contributed by atoms with E-state index in [1.165, 1.54) is 17.4 Å². The average molecular weight is 397 g/mol. The molecule has 0 aliphatic heterocycles. The number of amides is 1. The number of aromatic nitrogens is 1. The lowest BCUT2D eigenvalue weighted by molar-refractivity contribution is 0.0981. The van der Waals surface area contributed by atoms with Crippen molar-refractivity contribution in [1.29, 1.82) is 0 Å². The number of anilines is 1. The van der Waals surface area contributed by atoms with Crippen molar-refractivity contribution in [2.24, 2.45) is 0 Å². The first-order valence-corrected chi connectivity index (χ1v) is 9.20. The fourth-order valence-corrected chi connectivity index (χ4v) is 3.32. The molecule has 2 N–H and O–H groups in total. The van der Waals surface area contributed by atoms with E-state index >= 15 is 0 Å². The number of fused-ring (bicyclic) bond motifs is 1. The molecule has 2 aromatic carbocycles. The van der Waals surface area contributed by atoms with Gasteiger partial charge in [0.25, 0.3) is 5.91 Å². The summed E-state index contributed by atoms with van der Waals surface area (Å²) in [6.45, 7) is 0. The summed E-state index contributed by atoms with van der Waals surface area (Å²) in [5.74, 6) is -0.472. The molecule has 4 aromatic rings. The summed E-state index contributed by atoms with van der Waals surface area (Å²) in [6, 6.07) is 15.0. The van der Waals surface area contributed by atoms with E-state index in [0.29, 0.717) is 27.2 Å². The second kappa shape index (κ2) is 7.26. The number of oxazole rings is 1. The van der Waals surface area contributed by atoms with Crippen molar-refractivity contribution >= 4 is 51.4 Å². The molecule has 1 amide bonds. The van der Waals surface area contributed by atoms with Crippen molar-refractivity contribution in [3.63, 3.8) is 0 Å². The Bertz CT molecular complexity index is 1140. The summed E-state index contributed by atoms with van der Waals surface area (Å²) in [7, 11) is 0. The zero-order chi connectivity index (χ0) is 18.8. The van der Waals surface area contributed by atoms with Crippen LogP contribution in [0, 0.1) is 5.82 Å². The number of thiocarbonyl (C=S) groups is 1. The number of carbonyl (C=O) groups excluding carboxylic acids is 1. The fraction of sp³-hybridized carbons (Fsp3) is 0. The quantitative estimate of drug-likeness (QED) is 0.485. The predicted octanol–water partition coefficient (Wildman–Crippen LogP) is 4.82. The normalized spacial score (nSPS) is 10.7. The van der Waals surface area contributed by atoms with Gasteiger partial charge in [0.05, 0.1) is 10.4 Å². The van der Waals surface area contributed by atoms with Gasteiger partial charge >= 0.3 is 0 Å². The molecule has 0 radical (unpaired) electrons. The Kier molecular flexibility index (Phi) is 4.66. The molecule has 0 bridgehead atoms. The topological polar surface area (TPSA) is 67.2 Å². The number of thiophene rings is 1. The van der Waals surface area contributed by atoms with Gasteiger partial charge in [-0.1, -0.05) is 18.2 Å². The number of benzene rings is 2. The largest absolute Gasteiger partial charge is 0.436 e. The van der Waals surface area contributed by atoms with Crippen molar-refractivity contribution in [2.75, 3.05) is 5.32 Å². The summed E-state index contributed by atoms with van der Waals surface area (Å²) in [4.78, 5) is 16.9. The number of nitrogens with zero attached hydrogens (tertiary/aromatic N) is 1. The molecule has 4 rings (SSSR count). The molecule has 134 valence electrons. The van der Waals surface area contributed by atoms with Gasteiger partial charge in [0.1, 0.15) is 11.3 Å². The van der Waals surface area contributed by atoms with Gasteiger partial charge in [-0.25, -0.2) is 9.37 Å². The van der Waals surface area contributed by atoms with Gasteiger partial charge in [-0.2, -0.15) is 0 Å². The molecule has 2 heterocycles. The number of hydrogen-bond donors (Lipinski definition) is 2. The van der Waals surface area contributed by atoms with Crippen LogP contribution in [0.25, 0.3) is 22.6 Å². The first-order chi connectivity index (χ1) is 13.1. The molecule has 0 aliphatic carbocycles. The third-order valence-electron chi connectivity index (χ3n) is 3.72. The van der Waals surface area contributed by atoms with Crippen LogP contribution in [-0.4, -0.2) is 16.0 Å². The Morgan fingerprint density at radius 2 is 2.00 bits per heavy atom. The first kappa shape index (κ1) is 17.3. The zero-order valence-electron chi connectivity index (χ0n) is 13.7.